The number of nitrogens with zero attached hydrogens (tertiary/aromatic N) is 3. The lowest BCUT2D eigenvalue weighted by Gasteiger charge is -2.34. The number of hydrogen-bond donors (Lipinski definition) is 1. The third-order valence-corrected chi connectivity index (χ3v) is 4.17. The Morgan fingerprint density at radius 2 is 1.54 bits per heavy atom. The predicted octanol–water partition coefficient (Wildman–Crippen LogP) is 1.14. The molecule has 1 aromatic heterocycles. The molecule has 1 saturated heterocycles. The van der Waals surface area contributed by atoms with Gasteiger partial charge in [0.15, 0.2) is 0 Å². The SMILES string of the molecule is NCc1ccc(C(=O)N2CCN(C(=O)c3ccccn3)CC2)cc1. The second-order valence-electron chi connectivity index (χ2n) is 5.70. The van der Waals surface area contributed by atoms with Crippen LogP contribution in [0.1, 0.15) is 26.4 Å². The van der Waals surface area contributed by atoms with Crippen LogP contribution in [0.3, 0.4) is 0 Å². The summed E-state index contributed by atoms with van der Waals surface area (Å²) in [7, 11) is 0. The van der Waals surface area contributed by atoms with Crippen LogP contribution in [-0.2, 0) is 6.54 Å². The maximum atomic E-state index is 12.5. The third-order valence-electron chi connectivity index (χ3n) is 4.17. The molecular formula is C18H20N4O2. The number of benzene rings is 1. The smallest absolute Gasteiger partial charge is 0.272 e. The second-order valence-corrected chi connectivity index (χ2v) is 5.70. The molecule has 2 amide bonds. The monoisotopic (exact) mass is 324 g/mol. The summed E-state index contributed by atoms with van der Waals surface area (Å²) in [4.78, 5) is 32.5. The molecule has 0 unspecified atom stereocenters. The molecule has 6 heteroatoms. The van der Waals surface area contributed by atoms with Crippen molar-refractivity contribution in [2.75, 3.05) is 26.2 Å². The molecule has 0 aliphatic carbocycles. The number of piperazine rings is 1. The standard InChI is InChI=1S/C18H20N4O2/c19-13-14-4-6-15(7-5-14)17(23)21-9-11-22(12-10-21)18(24)16-3-1-2-8-20-16/h1-8H,9-13,19H2. The van der Waals surface area contributed by atoms with Gasteiger partial charge < -0.3 is 15.5 Å². The molecule has 24 heavy (non-hydrogen) atoms. The van der Waals surface area contributed by atoms with Crippen LogP contribution in [0.15, 0.2) is 48.7 Å². The lowest BCUT2D eigenvalue weighted by molar-refractivity contribution is 0.0532. The molecule has 1 fully saturated rings. The van der Waals surface area contributed by atoms with E-state index in [0.717, 1.165) is 5.56 Å². The molecule has 0 radical (unpaired) electrons. The molecule has 2 N–H and O–H groups in total. The summed E-state index contributed by atoms with van der Waals surface area (Å²) in [6.45, 7) is 2.54. The normalized spacial score (nSPS) is 14.5. The minimum atomic E-state index is -0.0880. The average molecular weight is 324 g/mol. The van der Waals surface area contributed by atoms with Crippen LogP contribution < -0.4 is 5.73 Å². The van der Waals surface area contributed by atoms with Crippen LogP contribution in [0.4, 0.5) is 0 Å². The topological polar surface area (TPSA) is 79.5 Å². The molecule has 0 bridgehead atoms. The zero-order valence-electron chi connectivity index (χ0n) is 13.4. The highest BCUT2D eigenvalue weighted by Gasteiger charge is 2.25. The van der Waals surface area contributed by atoms with E-state index in [1.807, 2.05) is 12.1 Å². The van der Waals surface area contributed by atoms with Crippen LogP contribution in [0.2, 0.25) is 0 Å². The molecule has 124 valence electrons. The van der Waals surface area contributed by atoms with Crippen molar-refractivity contribution in [2.24, 2.45) is 5.73 Å². The third kappa shape index (κ3) is 3.44. The summed E-state index contributed by atoms with van der Waals surface area (Å²) in [5.74, 6) is -0.0986. The van der Waals surface area contributed by atoms with Gasteiger partial charge in [0, 0.05) is 44.5 Å². The average Bonchev–Trinajstić information content (AvgIpc) is 2.68. The van der Waals surface area contributed by atoms with Gasteiger partial charge in [-0.15, -0.1) is 0 Å². The van der Waals surface area contributed by atoms with Crippen LogP contribution >= 0.6 is 0 Å². The Morgan fingerprint density at radius 1 is 0.917 bits per heavy atom. The molecule has 0 saturated carbocycles. The minimum Gasteiger partial charge on any atom is -0.335 e. The summed E-state index contributed by atoms with van der Waals surface area (Å²) in [6, 6.07) is 12.6. The summed E-state index contributed by atoms with van der Waals surface area (Å²) in [5.41, 5.74) is 7.66. The Hall–Kier alpha value is -2.73. The highest BCUT2D eigenvalue weighted by Crippen LogP contribution is 2.12. The van der Waals surface area contributed by atoms with Crippen molar-refractivity contribution in [3.8, 4) is 0 Å². The number of aromatic nitrogens is 1. The van der Waals surface area contributed by atoms with E-state index in [4.69, 9.17) is 5.73 Å². The first-order chi connectivity index (χ1) is 11.7. The van der Waals surface area contributed by atoms with Gasteiger partial charge in [0.25, 0.3) is 11.8 Å². The maximum Gasteiger partial charge on any atom is 0.272 e. The van der Waals surface area contributed by atoms with E-state index in [-0.39, 0.29) is 11.8 Å². The first-order valence-electron chi connectivity index (χ1n) is 7.97. The quantitative estimate of drug-likeness (QED) is 0.918. The fourth-order valence-electron chi connectivity index (χ4n) is 2.73. The summed E-state index contributed by atoms with van der Waals surface area (Å²) >= 11 is 0. The number of rotatable bonds is 3. The van der Waals surface area contributed by atoms with Crippen LogP contribution in [-0.4, -0.2) is 52.8 Å². The Morgan fingerprint density at radius 3 is 2.08 bits per heavy atom. The molecular weight excluding hydrogens is 304 g/mol. The second kappa shape index (κ2) is 7.23. The lowest BCUT2D eigenvalue weighted by atomic mass is 10.1. The fourth-order valence-corrected chi connectivity index (χ4v) is 2.73. The predicted molar refractivity (Wildman–Crippen MR) is 90.4 cm³/mol. The Bertz CT molecular complexity index is 708. The van der Waals surface area contributed by atoms with Gasteiger partial charge in [-0.05, 0) is 29.8 Å². The van der Waals surface area contributed by atoms with Gasteiger partial charge in [0.1, 0.15) is 5.69 Å². The number of carbonyl (C=O) groups is 2. The zero-order chi connectivity index (χ0) is 16.9. The Balaban J connectivity index is 1.60. The molecule has 3 rings (SSSR count). The molecule has 6 nitrogen and oxygen atoms in total. The van der Waals surface area contributed by atoms with Crippen molar-refractivity contribution in [3.63, 3.8) is 0 Å². The Labute approximate surface area is 140 Å². The van der Waals surface area contributed by atoms with Crippen molar-refractivity contribution in [2.45, 2.75) is 6.54 Å². The summed E-state index contributed by atoms with van der Waals surface area (Å²) < 4.78 is 0. The Kier molecular flexibility index (Phi) is 4.86. The molecule has 0 atom stereocenters. The van der Waals surface area contributed by atoms with Gasteiger partial charge in [-0.2, -0.15) is 0 Å². The minimum absolute atomic E-state index is 0.0106. The van der Waals surface area contributed by atoms with E-state index in [1.54, 1.807) is 46.3 Å². The number of carbonyl (C=O) groups excluding carboxylic acids is 2. The number of amides is 2. The van der Waals surface area contributed by atoms with Gasteiger partial charge in [0.05, 0.1) is 0 Å². The largest absolute Gasteiger partial charge is 0.335 e. The summed E-state index contributed by atoms with van der Waals surface area (Å²) in [6.07, 6.45) is 1.61. The van der Waals surface area contributed by atoms with Gasteiger partial charge in [-0.25, -0.2) is 0 Å². The number of hydrogen-bond acceptors (Lipinski definition) is 4. The van der Waals surface area contributed by atoms with Crippen LogP contribution in [0.5, 0.6) is 0 Å². The maximum absolute atomic E-state index is 12.5. The first-order valence-corrected chi connectivity index (χ1v) is 7.97. The van der Waals surface area contributed by atoms with Crippen molar-refractivity contribution in [3.05, 3.63) is 65.5 Å². The molecule has 0 spiro atoms. The lowest BCUT2D eigenvalue weighted by Crippen LogP contribution is -2.50. The number of pyridine rings is 1. The van der Waals surface area contributed by atoms with Gasteiger partial charge >= 0.3 is 0 Å². The highest BCUT2D eigenvalue weighted by atomic mass is 16.2. The fraction of sp³-hybridized carbons (Fsp3) is 0.278. The molecule has 1 aliphatic rings. The first kappa shape index (κ1) is 16.1. The van der Waals surface area contributed by atoms with E-state index in [0.29, 0.717) is 44.0 Å². The van der Waals surface area contributed by atoms with Crippen molar-refractivity contribution in [1.29, 1.82) is 0 Å². The van der Waals surface area contributed by atoms with E-state index >= 15 is 0 Å². The van der Waals surface area contributed by atoms with Crippen LogP contribution in [0.25, 0.3) is 0 Å². The highest BCUT2D eigenvalue weighted by molar-refractivity contribution is 5.95. The van der Waals surface area contributed by atoms with Crippen molar-refractivity contribution in [1.82, 2.24) is 14.8 Å². The van der Waals surface area contributed by atoms with Gasteiger partial charge in [-0.1, -0.05) is 18.2 Å². The van der Waals surface area contributed by atoms with Gasteiger partial charge in [0.2, 0.25) is 0 Å². The molecule has 1 aliphatic heterocycles. The molecule has 1 aromatic carbocycles. The van der Waals surface area contributed by atoms with Gasteiger partial charge in [-0.3, -0.25) is 14.6 Å². The van der Waals surface area contributed by atoms with Crippen molar-refractivity contribution < 1.29 is 9.59 Å². The zero-order valence-corrected chi connectivity index (χ0v) is 13.4. The molecule has 2 heterocycles. The number of nitrogens with two attached hydrogens (primary N) is 1. The van der Waals surface area contributed by atoms with E-state index in [1.165, 1.54) is 0 Å². The van der Waals surface area contributed by atoms with E-state index < -0.39 is 0 Å². The van der Waals surface area contributed by atoms with Crippen LogP contribution in [0, 0.1) is 0 Å². The van der Waals surface area contributed by atoms with E-state index in [9.17, 15) is 9.59 Å². The molecule has 2 aromatic rings. The van der Waals surface area contributed by atoms with Crippen molar-refractivity contribution >= 4 is 11.8 Å². The van der Waals surface area contributed by atoms with E-state index in [2.05, 4.69) is 4.98 Å². The summed E-state index contributed by atoms with van der Waals surface area (Å²) in [5, 5.41) is 0.